The summed E-state index contributed by atoms with van der Waals surface area (Å²) in [6, 6.07) is 10.4. The summed E-state index contributed by atoms with van der Waals surface area (Å²) in [5.41, 5.74) is 1.60. The molecule has 0 aliphatic carbocycles. The van der Waals surface area contributed by atoms with Crippen molar-refractivity contribution in [1.82, 2.24) is 4.90 Å². The maximum atomic E-state index is 11.1. The van der Waals surface area contributed by atoms with Crippen LogP contribution >= 0.6 is 0 Å². The number of nitrogens with zero attached hydrogens (tertiary/aromatic N) is 1. The van der Waals surface area contributed by atoms with Crippen LogP contribution in [0.2, 0.25) is 0 Å². The number of carbonyl (C=O) groups excluding carboxylic acids is 2. The van der Waals surface area contributed by atoms with Crippen molar-refractivity contribution in [2.24, 2.45) is 0 Å². The maximum absolute atomic E-state index is 11.1. The molecule has 3 rings (SSSR count). The highest BCUT2D eigenvalue weighted by molar-refractivity contribution is 5.87. The molecule has 1 aliphatic rings. The van der Waals surface area contributed by atoms with Gasteiger partial charge in [-0.25, -0.2) is 9.59 Å². The van der Waals surface area contributed by atoms with Crippen LogP contribution in [0.4, 0.5) is 0 Å². The van der Waals surface area contributed by atoms with Gasteiger partial charge in [0.1, 0.15) is 6.10 Å². The third-order valence-corrected chi connectivity index (χ3v) is 5.26. The first kappa shape index (κ1) is 28.3. The fraction of sp³-hybridized carbons (Fsp3) is 0.333. The lowest BCUT2D eigenvalue weighted by Gasteiger charge is -2.16. The van der Waals surface area contributed by atoms with Crippen LogP contribution in [0, 0.1) is 0 Å². The number of likely N-dealkylation sites (N-methyl/N-ethyl adjacent to an activating group) is 1. The van der Waals surface area contributed by atoms with E-state index in [0.717, 1.165) is 36.4 Å². The van der Waals surface area contributed by atoms with E-state index in [1.807, 2.05) is 18.2 Å². The number of methoxy groups -OCH3 is 4. The number of carbonyl (C=O) groups is 2. The number of phenolic OH excluding ortho intramolecular Hbond substituents is 1. The van der Waals surface area contributed by atoms with E-state index >= 15 is 0 Å². The molecule has 9 heteroatoms. The first-order chi connectivity index (χ1) is 17.3. The number of likely N-dealkylation sites (tertiary alicyclic amines) is 1. The average Bonchev–Trinajstić information content (AvgIpc) is 3.31. The third kappa shape index (κ3) is 8.99. The number of esters is 2. The molecule has 0 spiro atoms. The van der Waals surface area contributed by atoms with Gasteiger partial charge in [-0.05, 0) is 61.0 Å². The minimum atomic E-state index is -0.429. The molecular formula is C27H33NO8. The molecule has 1 atom stereocenters. The fourth-order valence-electron chi connectivity index (χ4n) is 3.32. The SMILES string of the molecule is COC(=O)/C=C/c1ccc(O)c(OC)c1.COC(=O)/C=C/c1ccc(OC2CCN(C)C2)c(OC)c1. The molecule has 9 nitrogen and oxygen atoms in total. The van der Waals surface area contributed by atoms with Gasteiger partial charge in [0.2, 0.25) is 0 Å². The van der Waals surface area contributed by atoms with Gasteiger partial charge in [0.15, 0.2) is 23.0 Å². The molecule has 0 amide bonds. The Morgan fingerprint density at radius 1 is 0.861 bits per heavy atom. The van der Waals surface area contributed by atoms with E-state index in [0.29, 0.717) is 11.5 Å². The number of rotatable bonds is 8. The zero-order valence-corrected chi connectivity index (χ0v) is 21.2. The predicted octanol–water partition coefficient (Wildman–Crippen LogP) is 3.55. The largest absolute Gasteiger partial charge is 0.504 e. The lowest BCUT2D eigenvalue weighted by Crippen LogP contribution is -2.21. The molecule has 0 saturated carbocycles. The Kier molecular flexibility index (Phi) is 11.3. The molecule has 2 aromatic rings. The highest BCUT2D eigenvalue weighted by atomic mass is 16.5. The molecule has 0 bridgehead atoms. The lowest BCUT2D eigenvalue weighted by molar-refractivity contribution is -0.135. The number of hydrogen-bond donors (Lipinski definition) is 1. The van der Waals surface area contributed by atoms with Gasteiger partial charge in [-0.15, -0.1) is 0 Å². The van der Waals surface area contributed by atoms with Gasteiger partial charge in [0, 0.05) is 25.2 Å². The molecule has 194 valence electrons. The van der Waals surface area contributed by atoms with Crippen LogP contribution in [0.25, 0.3) is 12.2 Å². The zero-order valence-electron chi connectivity index (χ0n) is 21.2. The van der Waals surface area contributed by atoms with E-state index < -0.39 is 5.97 Å². The Labute approximate surface area is 211 Å². The van der Waals surface area contributed by atoms with Crippen LogP contribution in [-0.4, -0.2) is 76.6 Å². The van der Waals surface area contributed by atoms with E-state index in [1.165, 1.54) is 39.5 Å². The quantitative estimate of drug-likeness (QED) is 0.431. The molecule has 1 fully saturated rings. The van der Waals surface area contributed by atoms with Crippen molar-refractivity contribution in [3.63, 3.8) is 0 Å². The molecular weight excluding hydrogens is 466 g/mol. The minimum Gasteiger partial charge on any atom is -0.504 e. The summed E-state index contributed by atoms with van der Waals surface area (Å²) in [4.78, 5) is 24.2. The van der Waals surface area contributed by atoms with Crippen molar-refractivity contribution < 1.29 is 38.4 Å². The Hall–Kier alpha value is -3.98. The van der Waals surface area contributed by atoms with Crippen molar-refractivity contribution in [3.8, 4) is 23.0 Å². The van der Waals surface area contributed by atoms with Gasteiger partial charge in [-0.1, -0.05) is 12.1 Å². The fourth-order valence-corrected chi connectivity index (χ4v) is 3.32. The first-order valence-electron chi connectivity index (χ1n) is 11.2. The molecule has 36 heavy (non-hydrogen) atoms. The van der Waals surface area contributed by atoms with Crippen molar-refractivity contribution in [2.75, 3.05) is 48.6 Å². The second-order valence-electron chi connectivity index (χ2n) is 7.85. The lowest BCUT2D eigenvalue weighted by atomic mass is 10.2. The van der Waals surface area contributed by atoms with Crippen LogP contribution in [-0.2, 0) is 19.1 Å². The van der Waals surface area contributed by atoms with Crippen LogP contribution in [0.3, 0.4) is 0 Å². The van der Waals surface area contributed by atoms with Gasteiger partial charge >= 0.3 is 11.9 Å². The number of hydrogen-bond acceptors (Lipinski definition) is 9. The summed E-state index contributed by atoms with van der Waals surface area (Å²) in [6.07, 6.45) is 7.15. The standard InChI is InChI=1S/C16H21NO4.C11H12O4/c1-17-9-8-13(11-17)21-14-6-4-12(10-15(14)19-2)5-7-16(18)20-3;1-14-10-7-8(3-5-9(10)12)4-6-11(13)15-2/h4-7,10,13H,8-9,11H2,1-3H3;3-7,12H,1-2H3/b7-5+;6-4+. The zero-order chi connectivity index (χ0) is 26.5. The Morgan fingerprint density at radius 3 is 1.92 bits per heavy atom. The second-order valence-corrected chi connectivity index (χ2v) is 7.85. The number of ether oxygens (including phenoxy) is 5. The van der Waals surface area contributed by atoms with Gasteiger partial charge < -0.3 is 33.7 Å². The van der Waals surface area contributed by atoms with Crippen LogP contribution in [0.1, 0.15) is 17.5 Å². The van der Waals surface area contributed by atoms with Crippen molar-refractivity contribution in [3.05, 3.63) is 59.7 Å². The summed E-state index contributed by atoms with van der Waals surface area (Å²) in [6.45, 7) is 1.97. The maximum Gasteiger partial charge on any atom is 0.330 e. The average molecular weight is 500 g/mol. The van der Waals surface area contributed by atoms with Gasteiger partial charge in [0.25, 0.3) is 0 Å². The number of phenols is 1. The van der Waals surface area contributed by atoms with Crippen molar-refractivity contribution >= 4 is 24.1 Å². The number of aromatic hydroxyl groups is 1. The highest BCUT2D eigenvalue weighted by Gasteiger charge is 2.22. The molecule has 1 saturated heterocycles. The van der Waals surface area contributed by atoms with Gasteiger partial charge in [-0.3, -0.25) is 0 Å². The smallest absolute Gasteiger partial charge is 0.330 e. The van der Waals surface area contributed by atoms with Crippen molar-refractivity contribution in [2.45, 2.75) is 12.5 Å². The Balaban J connectivity index is 0.000000269. The predicted molar refractivity (Wildman–Crippen MR) is 136 cm³/mol. The summed E-state index contributed by atoms with van der Waals surface area (Å²) in [5, 5.41) is 9.32. The van der Waals surface area contributed by atoms with Gasteiger partial charge in [0.05, 0.1) is 28.4 Å². The van der Waals surface area contributed by atoms with Crippen molar-refractivity contribution in [1.29, 1.82) is 0 Å². The van der Waals surface area contributed by atoms with E-state index in [-0.39, 0.29) is 17.8 Å². The molecule has 1 N–H and O–H groups in total. The second kappa shape index (κ2) is 14.4. The van der Waals surface area contributed by atoms with E-state index in [1.54, 1.807) is 31.4 Å². The monoisotopic (exact) mass is 499 g/mol. The first-order valence-corrected chi connectivity index (χ1v) is 11.2. The van der Waals surface area contributed by atoms with E-state index in [4.69, 9.17) is 14.2 Å². The summed E-state index contributed by atoms with van der Waals surface area (Å²) in [7, 11) is 7.81. The summed E-state index contributed by atoms with van der Waals surface area (Å²) < 4.78 is 25.3. The molecule has 2 aromatic carbocycles. The highest BCUT2D eigenvalue weighted by Crippen LogP contribution is 2.31. The molecule has 0 radical (unpaired) electrons. The molecule has 1 aliphatic heterocycles. The number of benzene rings is 2. The van der Waals surface area contributed by atoms with E-state index in [2.05, 4.69) is 21.4 Å². The minimum absolute atomic E-state index is 0.0627. The molecule has 1 heterocycles. The third-order valence-electron chi connectivity index (χ3n) is 5.26. The van der Waals surface area contributed by atoms with Crippen LogP contribution in [0.5, 0.6) is 23.0 Å². The van der Waals surface area contributed by atoms with Gasteiger partial charge in [-0.2, -0.15) is 0 Å². The normalized spacial score (nSPS) is 15.3. The van der Waals surface area contributed by atoms with Crippen LogP contribution in [0.15, 0.2) is 48.6 Å². The summed E-state index contributed by atoms with van der Waals surface area (Å²) in [5.74, 6) is 1.00. The topological polar surface area (TPSA) is 104 Å². The van der Waals surface area contributed by atoms with Crippen LogP contribution < -0.4 is 14.2 Å². The Bertz CT molecular complexity index is 1080. The summed E-state index contributed by atoms with van der Waals surface area (Å²) >= 11 is 0. The van der Waals surface area contributed by atoms with E-state index in [9.17, 15) is 14.7 Å². The Morgan fingerprint density at radius 2 is 1.42 bits per heavy atom. The molecule has 1 unspecified atom stereocenters. The molecule has 0 aromatic heterocycles.